The highest BCUT2D eigenvalue weighted by Crippen LogP contribution is 2.38. The third kappa shape index (κ3) is 2.62. The second-order valence-electron chi connectivity index (χ2n) is 5.19. The first-order chi connectivity index (χ1) is 10.0. The molecule has 1 aliphatic carbocycles. The summed E-state index contributed by atoms with van der Waals surface area (Å²) in [5.74, 6) is 0.836. The van der Waals surface area contributed by atoms with Gasteiger partial charge >= 0.3 is 5.91 Å². The molecule has 0 bridgehead atoms. The van der Waals surface area contributed by atoms with Crippen LogP contribution in [0.15, 0.2) is 24.3 Å². The molecule has 21 heavy (non-hydrogen) atoms. The molecule has 1 aromatic carbocycles. The SMILES string of the molecule is C#CC(=O)N(c1cccc(CF)c1)C1(C(N)=O)CCCC1. The number of nitrogens with zero attached hydrogens (tertiary/aromatic N) is 1. The molecular formula is C16H17FN2O2. The number of benzene rings is 1. The predicted octanol–water partition coefficient (Wildman–Crippen LogP) is 1.92. The van der Waals surface area contributed by atoms with Crippen molar-refractivity contribution in [3.63, 3.8) is 0 Å². The Morgan fingerprint density at radius 1 is 1.38 bits per heavy atom. The van der Waals surface area contributed by atoms with Crippen LogP contribution >= 0.6 is 0 Å². The molecule has 1 aromatic rings. The number of rotatable bonds is 4. The van der Waals surface area contributed by atoms with Gasteiger partial charge in [0.25, 0.3) is 0 Å². The van der Waals surface area contributed by atoms with Crippen LogP contribution in [0.5, 0.6) is 0 Å². The second kappa shape index (κ2) is 5.96. The summed E-state index contributed by atoms with van der Waals surface area (Å²) in [7, 11) is 0. The smallest absolute Gasteiger partial charge is 0.303 e. The van der Waals surface area contributed by atoms with Crippen molar-refractivity contribution in [3.8, 4) is 12.3 Å². The maximum absolute atomic E-state index is 12.8. The van der Waals surface area contributed by atoms with E-state index in [0.29, 0.717) is 24.1 Å². The van der Waals surface area contributed by atoms with Gasteiger partial charge < -0.3 is 5.73 Å². The summed E-state index contributed by atoms with van der Waals surface area (Å²) >= 11 is 0. The topological polar surface area (TPSA) is 63.4 Å². The highest BCUT2D eigenvalue weighted by molar-refractivity contribution is 6.11. The zero-order valence-corrected chi connectivity index (χ0v) is 11.6. The van der Waals surface area contributed by atoms with Crippen molar-refractivity contribution < 1.29 is 14.0 Å². The summed E-state index contributed by atoms with van der Waals surface area (Å²) in [6.07, 6.45) is 7.76. The molecule has 0 atom stereocenters. The van der Waals surface area contributed by atoms with Crippen LogP contribution in [0, 0.1) is 12.3 Å². The summed E-state index contributed by atoms with van der Waals surface area (Å²) in [5, 5.41) is 0. The lowest BCUT2D eigenvalue weighted by molar-refractivity contribution is -0.126. The van der Waals surface area contributed by atoms with E-state index >= 15 is 0 Å². The van der Waals surface area contributed by atoms with Crippen molar-refractivity contribution in [1.29, 1.82) is 0 Å². The van der Waals surface area contributed by atoms with Crippen LogP contribution in [-0.4, -0.2) is 17.4 Å². The third-order valence-corrected chi connectivity index (χ3v) is 3.97. The van der Waals surface area contributed by atoms with E-state index in [1.165, 1.54) is 11.0 Å². The maximum Gasteiger partial charge on any atom is 0.303 e. The number of halogens is 1. The average molecular weight is 288 g/mol. The number of terminal acetylenes is 1. The van der Waals surface area contributed by atoms with Crippen LogP contribution in [0.1, 0.15) is 31.2 Å². The van der Waals surface area contributed by atoms with E-state index in [0.717, 1.165) is 12.8 Å². The number of hydrogen-bond donors (Lipinski definition) is 1. The quantitative estimate of drug-likeness (QED) is 0.860. The molecule has 2 N–H and O–H groups in total. The van der Waals surface area contributed by atoms with E-state index < -0.39 is 24.0 Å². The fourth-order valence-electron chi connectivity index (χ4n) is 2.94. The van der Waals surface area contributed by atoms with Gasteiger partial charge in [0.2, 0.25) is 5.91 Å². The zero-order chi connectivity index (χ0) is 15.5. The van der Waals surface area contributed by atoms with Gasteiger partial charge in [-0.05, 0) is 36.5 Å². The van der Waals surface area contributed by atoms with E-state index in [-0.39, 0.29) is 0 Å². The summed E-state index contributed by atoms with van der Waals surface area (Å²) in [5.41, 5.74) is 5.27. The molecule has 1 fully saturated rings. The zero-order valence-electron chi connectivity index (χ0n) is 11.6. The van der Waals surface area contributed by atoms with E-state index in [2.05, 4.69) is 0 Å². The van der Waals surface area contributed by atoms with Crippen LogP contribution in [0.25, 0.3) is 0 Å². The van der Waals surface area contributed by atoms with Gasteiger partial charge in [-0.3, -0.25) is 14.5 Å². The second-order valence-corrected chi connectivity index (χ2v) is 5.19. The number of hydrogen-bond acceptors (Lipinski definition) is 2. The number of anilines is 1. The minimum absolute atomic E-state index is 0.411. The van der Waals surface area contributed by atoms with Gasteiger partial charge in [0.1, 0.15) is 12.2 Å². The third-order valence-electron chi connectivity index (χ3n) is 3.97. The highest BCUT2D eigenvalue weighted by atomic mass is 19.1. The van der Waals surface area contributed by atoms with Gasteiger partial charge in [-0.2, -0.15) is 0 Å². The van der Waals surface area contributed by atoms with Crippen LogP contribution in [0.3, 0.4) is 0 Å². The van der Waals surface area contributed by atoms with Crippen LogP contribution in [-0.2, 0) is 16.3 Å². The Hall–Kier alpha value is -2.35. The van der Waals surface area contributed by atoms with E-state index in [1.54, 1.807) is 18.2 Å². The first-order valence-corrected chi connectivity index (χ1v) is 6.81. The maximum atomic E-state index is 12.8. The molecule has 5 heteroatoms. The minimum atomic E-state index is -1.11. The van der Waals surface area contributed by atoms with Crippen molar-refractivity contribution in [2.24, 2.45) is 5.73 Å². The first-order valence-electron chi connectivity index (χ1n) is 6.81. The van der Waals surface area contributed by atoms with Gasteiger partial charge in [0.15, 0.2) is 0 Å². The molecular weight excluding hydrogens is 271 g/mol. The number of carbonyl (C=O) groups is 2. The van der Waals surface area contributed by atoms with Crippen LogP contribution in [0.2, 0.25) is 0 Å². The summed E-state index contributed by atoms with van der Waals surface area (Å²) in [6.45, 7) is -0.657. The van der Waals surface area contributed by atoms with Crippen molar-refractivity contribution in [2.75, 3.05) is 4.90 Å². The van der Waals surface area contributed by atoms with Gasteiger partial charge in [0, 0.05) is 5.69 Å². The molecule has 0 radical (unpaired) electrons. The van der Waals surface area contributed by atoms with E-state index in [9.17, 15) is 14.0 Å². The Bertz CT molecular complexity index is 601. The monoisotopic (exact) mass is 288 g/mol. The van der Waals surface area contributed by atoms with Crippen LogP contribution < -0.4 is 10.6 Å². The van der Waals surface area contributed by atoms with Crippen molar-refractivity contribution in [2.45, 2.75) is 37.9 Å². The molecule has 1 saturated carbocycles. The Morgan fingerprint density at radius 2 is 2.05 bits per heavy atom. The molecule has 1 aliphatic rings. The molecule has 0 unspecified atom stereocenters. The molecule has 0 saturated heterocycles. The molecule has 0 aromatic heterocycles. The number of amides is 2. The standard InChI is InChI=1S/C16H17FN2O2/c1-2-14(20)19(13-7-5-6-12(10-13)11-17)16(15(18)21)8-3-4-9-16/h1,5-7,10H,3-4,8-9,11H2,(H2,18,21). The molecule has 0 spiro atoms. The summed E-state index contributed by atoms with van der Waals surface area (Å²) in [4.78, 5) is 25.5. The molecule has 2 rings (SSSR count). The van der Waals surface area contributed by atoms with Gasteiger partial charge in [0.05, 0.1) is 0 Å². The summed E-state index contributed by atoms with van der Waals surface area (Å²) in [6, 6.07) is 6.40. The molecule has 110 valence electrons. The lowest BCUT2D eigenvalue weighted by atomic mass is 9.92. The fourth-order valence-corrected chi connectivity index (χ4v) is 2.94. The number of carbonyl (C=O) groups excluding carboxylic acids is 2. The Kier molecular flexibility index (Phi) is 4.27. The van der Waals surface area contributed by atoms with Crippen molar-refractivity contribution >= 4 is 17.5 Å². The van der Waals surface area contributed by atoms with Crippen molar-refractivity contribution in [3.05, 3.63) is 29.8 Å². The molecule has 0 aliphatic heterocycles. The lowest BCUT2D eigenvalue weighted by Gasteiger charge is -2.37. The molecule has 0 heterocycles. The average Bonchev–Trinajstić information content (AvgIpc) is 2.98. The number of primary amides is 1. The highest BCUT2D eigenvalue weighted by Gasteiger charge is 2.47. The lowest BCUT2D eigenvalue weighted by Crippen LogP contribution is -2.58. The minimum Gasteiger partial charge on any atom is -0.368 e. The van der Waals surface area contributed by atoms with Gasteiger partial charge in [-0.25, -0.2) is 4.39 Å². The first kappa shape index (κ1) is 15.0. The van der Waals surface area contributed by atoms with Crippen molar-refractivity contribution in [1.82, 2.24) is 0 Å². The van der Waals surface area contributed by atoms with Crippen LogP contribution in [0.4, 0.5) is 10.1 Å². The Labute approximate surface area is 123 Å². The summed E-state index contributed by atoms with van der Waals surface area (Å²) < 4.78 is 12.8. The number of alkyl halides is 1. The number of nitrogens with two attached hydrogens (primary N) is 1. The largest absolute Gasteiger partial charge is 0.368 e. The van der Waals surface area contributed by atoms with E-state index in [4.69, 9.17) is 12.2 Å². The Balaban J connectivity index is 2.55. The van der Waals surface area contributed by atoms with Gasteiger partial charge in [-0.15, -0.1) is 6.42 Å². The van der Waals surface area contributed by atoms with E-state index in [1.807, 2.05) is 5.92 Å². The normalized spacial score (nSPS) is 16.2. The Morgan fingerprint density at radius 3 is 2.57 bits per heavy atom. The van der Waals surface area contributed by atoms with Gasteiger partial charge in [-0.1, -0.05) is 25.0 Å². The molecule has 4 nitrogen and oxygen atoms in total. The predicted molar refractivity (Wildman–Crippen MR) is 78.0 cm³/mol. The fraction of sp³-hybridized carbons (Fsp3) is 0.375. The molecule has 2 amide bonds.